The number of amides is 1. The van der Waals surface area contributed by atoms with Crippen LogP contribution in [0.4, 0.5) is 0 Å². The smallest absolute Gasteiger partial charge is 0.221 e. The van der Waals surface area contributed by atoms with Crippen molar-refractivity contribution in [1.82, 2.24) is 5.32 Å². The molecule has 134 valence electrons. The second-order valence-electron chi connectivity index (χ2n) is 6.05. The lowest BCUT2D eigenvalue weighted by atomic mass is 10.1. The van der Waals surface area contributed by atoms with Gasteiger partial charge in [0.2, 0.25) is 5.91 Å². The summed E-state index contributed by atoms with van der Waals surface area (Å²) in [7, 11) is -3.30. The van der Waals surface area contributed by atoms with Crippen molar-refractivity contribution in [3.63, 3.8) is 0 Å². The standard InChI is InChI=1S/C19H22ClNO3S/c1-15-2-4-17(5-3-15)14-25(23,24)13-11-19(22)21-12-10-16-6-8-18(20)9-7-16/h2-9H,10-14H2,1H3,(H,21,22). The maximum absolute atomic E-state index is 12.1. The molecule has 0 aliphatic carbocycles. The van der Waals surface area contributed by atoms with Gasteiger partial charge in [-0.05, 0) is 36.6 Å². The minimum Gasteiger partial charge on any atom is -0.356 e. The first-order chi connectivity index (χ1) is 11.8. The lowest BCUT2D eigenvalue weighted by molar-refractivity contribution is -0.120. The Morgan fingerprint density at radius 3 is 2.24 bits per heavy atom. The Labute approximate surface area is 154 Å². The molecule has 0 unspecified atom stereocenters. The van der Waals surface area contributed by atoms with E-state index < -0.39 is 9.84 Å². The quantitative estimate of drug-likeness (QED) is 0.765. The van der Waals surface area contributed by atoms with Crippen molar-refractivity contribution in [3.05, 3.63) is 70.2 Å². The van der Waals surface area contributed by atoms with Crippen LogP contribution >= 0.6 is 11.6 Å². The molecule has 2 aromatic rings. The predicted molar refractivity (Wildman–Crippen MR) is 101 cm³/mol. The number of nitrogens with one attached hydrogen (secondary N) is 1. The molecule has 0 radical (unpaired) electrons. The number of benzene rings is 2. The molecule has 1 amide bonds. The molecular weight excluding hydrogens is 358 g/mol. The van der Waals surface area contributed by atoms with Crippen LogP contribution in [0.25, 0.3) is 0 Å². The van der Waals surface area contributed by atoms with Gasteiger partial charge in [-0.3, -0.25) is 4.79 Å². The molecule has 0 atom stereocenters. The number of rotatable bonds is 8. The third-order valence-electron chi connectivity index (χ3n) is 3.80. The van der Waals surface area contributed by atoms with Crippen LogP contribution in [0.15, 0.2) is 48.5 Å². The van der Waals surface area contributed by atoms with Crippen LogP contribution in [-0.2, 0) is 26.8 Å². The van der Waals surface area contributed by atoms with Gasteiger partial charge in [-0.15, -0.1) is 0 Å². The zero-order valence-corrected chi connectivity index (χ0v) is 15.7. The van der Waals surface area contributed by atoms with Crippen LogP contribution in [0, 0.1) is 6.92 Å². The highest BCUT2D eigenvalue weighted by molar-refractivity contribution is 7.90. The van der Waals surface area contributed by atoms with E-state index in [0.29, 0.717) is 18.0 Å². The van der Waals surface area contributed by atoms with Crippen molar-refractivity contribution in [2.45, 2.75) is 25.5 Å². The first-order valence-electron chi connectivity index (χ1n) is 8.11. The van der Waals surface area contributed by atoms with Crippen molar-refractivity contribution in [1.29, 1.82) is 0 Å². The van der Waals surface area contributed by atoms with Crippen molar-refractivity contribution in [2.75, 3.05) is 12.3 Å². The Kier molecular flexibility index (Phi) is 7.02. The van der Waals surface area contributed by atoms with E-state index in [1.807, 2.05) is 31.2 Å². The molecule has 0 saturated heterocycles. The SMILES string of the molecule is Cc1ccc(CS(=O)(=O)CCC(=O)NCCc2ccc(Cl)cc2)cc1. The number of halogens is 1. The van der Waals surface area contributed by atoms with Gasteiger partial charge < -0.3 is 5.32 Å². The van der Waals surface area contributed by atoms with Crippen LogP contribution in [0.3, 0.4) is 0 Å². The molecule has 0 bridgehead atoms. The Morgan fingerprint density at radius 2 is 1.60 bits per heavy atom. The minimum absolute atomic E-state index is 0.0190. The van der Waals surface area contributed by atoms with E-state index >= 15 is 0 Å². The maximum atomic E-state index is 12.1. The molecular formula is C19H22ClNO3S. The highest BCUT2D eigenvalue weighted by Crippen LogP contribution is 2.10. The highest BCUT2D eigenvalue weighted by Gasteiger charge is 2.14. The summed E-state index contributed by atoms with van der Waals surface area (Å²) in [5, 5.41) is 3.43. The van der Waals surface area contributed by atoms with Crippen LogP contribution in [0.2, 0.25) is 5.02 Å². The normalized spacial score (nSPS) is 11.3. The van der Waals surface area contributed by atoms with Crippen molar-refractivity contribution < 1.29 is 13.2 Å². The molecule has 0 heterocycles. The van der Waals surface area contributed by atoms with E-state index in [9.17, 15) is 13.2 Å². The Hall–Kier alpha value is -1.85. The van der Waals surface area contributed by atoms with Gasteiger partial charge in [0.1, 0.15) is 0 Å². The fourth-order valence-electron chi connectivity index (χ4n) is 2.34. The molecule has 2 aromatic carbocycles. The van der Waals surface area contributed by atoms with Gasteiger partial charge in [0.15, 0.2) is 9.84 Å². The topological polar surface area (TPSA) is 63.2 Å². The molecule has 25 heavy (non-hydrogen) atoms. The highest BCUT2D eigenvalue weighted by atomic mass is 35.5. The number of hydrogen-bond donors (Lipinski definition) is 1. The van der Waals surface area contributed by atoms with Gasteiger partial charge in [-0.1, -0.05) is 53.6 Å². The summed E-state index contributed by atoms with van der Waals surface area (Å²) in [6, 6.07) is 14.8. The van der Waals surface area contributed by atoms with Crippen LogP contribution in [0.5, 0.6) is 0 Å². The summed E-state index contributed by atoms with van der Waals surface area (Å²) in [6.07, 6.45) is 0.661. The fraction of sp³-hybridized carbons (Fsp3) is 0.316. The lowest BCUT2D eigenvalue weighted by Crippen LogP contribution is -2.27. The number of carbonyl (C=O) groups is 1. The van der Waals surface area contributed by atoms with E-state index in [1.54, 1.807) is 24.3 Å². The zero-order chi connectivity index (χ0) is 18.3. The molecule has 6 heteroatoms. The molecule has 0 aliphatic rings. The molecule has 0 fully saturated rings. The third-order valence-corrected chi connectivity index (χ3v) is 5.65. The second-order valence-corrected chi connectivity index (χ2v) is 8.67. The number of sulfone groups is 1. The first kappa shape index (κ1) is 19.5. The van der Waals surface area contributed by atoms with E-state index in [-0.39, 0.29) is 23.8 Å². The summed E-state index contributed by atoms with van der Waals surface area (Å²) in [4.78, 5) is 11.8. The number of carbonyl (C=O) groups excluding carboxylic acids is 1. The summed E-state index contributed by atoms with van der Waals surface area (Å²) in [6.45, 7) is 2.42. The average Bonchev–Trinajstić information content (AvgIpc) is 2.57. The molecule has 0 aliphatic heterocycles. The Bertz CT molecular complexity index is 800. The monoisotopic (exact) mass is 379 g/mol. The van der Waals surface area contributed by atoms with E-state index in [2.05, 4.69) is 5.32 Å². The summed E-state index contributed by atoms with van der Waals surface area (Å²) in [5.41, 5.74) is 2.90. The van der Waals surface area contributed by atoms with Gasteiger partial charge in [-0.25, -0.2) is 8.42 Å². The number of hydrogen-bond acceptors (Lipinski definition) is 3. The fourth-order valence-corrected chi connectivity index (χ4v) is 3.81. The molecule has 1 N–H and O–H groups in total. The van der Waals surface area contributed by atoms with E-state index in [4.69, 9.17) is 11.6 Å². The summed E-state index contributed by atoms with van der Waals surface area (Å²) >= 11 is 5.82. The van der Waals surface area contributed by atoms with Crippen LogP contribution < -0.4 is 5.32 Å². The second kappa shape index (κ2) is 9.02. The summed E-state index contributed by atoms with van der Waals surface area (Å²) < 4.78 is 24.2. The van der Waals surface area contributed by atoms with E-state index in [0.717, 1.165) is 16.7 Å². The largest absolute Gasteiger partial charge is 0.356 e. The predicted octanol–water partition coefficient (Wildman–Crippen LogP) is 3.31. The third kappa shape index (κ3) is 7.28. The van der Waals surface area contributed by atoms with Gasteiger partial charge >= 0.3 is 0 Å². The average molecular weight is 380 g/mol. The molecule has 0 aromatic heterocycles. The van der Waals surface area contributed by atoms with Crippen molar-refractivity contribution in [2.24, 2.45) is 0 Å². The van der Waals surface area contributed by atoms with Crippen molar-refractivity contribution in [3.8, 4) is 0 Å². The Balaban J connectivity index is 1.72. The maximum Gasteiger partial charge on any atom is 0.221 e. The van der Waals surface area contributed by atoms with Gasteiger partial charge in [0.05, 0.1) is 11.5 Å². The molecule has 0 saturated carbocycles. The minimum atomic E-state index is -3.30. The lowest BCUT2D eigenvalue weighted by Gasteiger charge is -2.07. The van der Waals surface area contributed by atoms with Crippen molar-refractivity contribution >= 4 is 27.3 Å². The molecule has 2 rings (SSSR count). The summed E-state index contributed by atoms with van der Waals surface area (Å²) in [5.74, 6) is -0.430. The van der Waals surface area contributed by atoms with Gasteiger partial charge in [0.25, 0.3) is 0 Å². The number of aryl methyl sites for hydroxylation is 1. The first-order valence-corrected chi connectivity index (χ1v) is 10.3. The Morgan fingerprint density at radius 1 is 1.00 bits per heavy atom. The molecule has 0 spiro atoms. The van der Waals surface area contributed by atoms with Gasteiger partial charge in [-0.2, -0.15) is 0 Å². The zero-order valence-electron chi connectivity index (χ0n) is 14.2. The van der Waals surface area contributed by atoms with Crippen LogP contribution in [-0.4, -0.2) is 26.6 Å². The molecule has 4 nitrogen and oxygen atoms in total. The van der Waals surface area contributed by atoms with E-state index in [1.165, 1.54) is 0 Å². The van der Waals surface area contributed by atoms with Gasteiger partial charge in [0, 0.05) is 18.0 Å². The van der Waals surface area contributed by atoms with Crippen LogP contribution in [0.1, 0.15) is 23.1 Å².